The van der Waals surface area contributed by atoms with Crippen LogP contribution in [0, 0.1) is 6.92 Å². The molecule has 15 heavy (non-hydrogen) atoms. The number of nitrogens with one attached hydrogen (secondary N) is 1. The van der Waals surface area contributed by atoms with Gasteiger partial charge in [-0.15, -0.1) is 11.3 Å². The minimum absolute atomic E-state index is 0.0507. The van der Waals surface area contributed by atoms with E-state index < -0.39 is 0 Å². The average Bonchev–Trinajstić information content (AvgIpc) is 2.59. The molecule has 1 aromatic carbocycles. The average molecular weight is 218 g/mol. The number of carbonyl (C=O) groups is 1. The maximum atomic E-state index is 10.9. The normalized spacial score (nSPS) is 12.7. The number of benzene rings is 1. The van der Waals surface area contributed by atoms with E-state index in [1.807, 2.05) is 12.1 Å². The van der Waals surface area contributed by atoms with E-state index in [1.54, 1.807) is 11.3 Å². The lowest BCUT2D eigenvalue weighted by Crippen LogP contribution is -2.23. The van der Waals surface area contributed by atoms with Crippen molar-refractivity contribution in [1.82, 2.24) is 5.32 Å². The Hall–Kier alpha value is -1.35. The van der Waals surface area contributed by atoms with Gasteiger partial charge in [0.25, 0.3) is 0 Å². The van der Waals surface area contributed by atoms with Crippen LogP contribution in [-0.4, -0.2) is 5.91 Å². The fourth-order valence-electron chi connectivity index (χ4n) is 1.59. The van der Waals surface area contributed by atoms with Gasteiger partial charge in [0, 0.05) is 11.6 Å². The largest absolute Gasteiger partial charge is 0.349 e. The number of hydrogen-bond donors (Lipinski definition) is 1. The summed E-state index contributed by atoms with van der Waals surface area (Å²) in [6, 6.07) is 7.97. The third-order valence-corrected chi connectivity index (χ3v) is 3.25. The smallest absolute Gasteiger partial charge is 0.217 e. The molecule has 1 aromatic heterocycles. The molecule has 0 aliphatic rings. The molecular formula is C12H12NOS. The molecule has 0 aliphatic carbocycles. The van der Waals surface area contributed by atoms with Gasteiger partial charge in [0.15, 0.2) is 0 Å². The van der Waals surface area contributed by atoms with Crippen LogP contribution in [0.4, 0.5) is 0 Å². The van der Waals surface area contributed by atoms with Gasteiger partial charge in [0.1, 0.15) is 0 Å². The Balaban J connectivity index is 2.39. The SMILES string of the molecule is [CH2]C(NC(C)=O)c1csc2ccccc12. The van der Waals surface area contributed by atoms with Gasteiger partial charge in [-0.25, -0.2) is 0 Å². The first-order valence-corrected chi connectivity index (χ1v) is 5.63. The molecular weight excluding hydrogens is 206 g/mol. The molecule has 77 valence electrons. The van der Waals surface area contributed by atoms with E-state index in [1.165, 1.54) is 17.0 Å². The lowest BCUT2D eigenvalue weighted by atomic mass is 10.1. The first-order valence-electron chi connectivity index (χ1n) is 4.75. The summed E-state index contributed by atoms with van der Waals surface area (Å²) in [5.74, 6) is -0.0507. The van der Waals surface area contributed by atoms with Crippen molar-refractivity contribution in [3.8, 4) is 0 Å². The van der Waals surface area contributed by atoms with Gasteiger partial charge in [-0.05, 0) is 29.3 Å². The Labute approximate surface area is 92.9 Å². The maximum absolute atomic E-state index is 10.9. The maximum Gasteiger partial charge on any atom is 0.217 e. The fourth-order valence-corrected chi connectivity index (χ4v) is 2.61. The summed E-state index contributed by atoms with van der Waals surface area (Å²) in [4.78, 5) is 10.9. The van der Waals surface area contributed by atoms with E-state index in [4.69, 9.17) is 0 Å². The van der Waals surface area contributed by atoms with Crippen LogP contribution in [0.1, 0.15) is 18.5 Å². The van der Waals surface area contributed by atoms with Crippen molar-refractivity contribution in [2.75, 3.05) is 0 Å². The Bertz CT molecular complexity index is 489. The quantitative estimate of drug-likeness (QED) is 0.825. The Kier molecular flexibility index (Phi) is 2.73. The van der Waals surface area contributed by atoms with Gasteiger partial charge in [-0.2, -0.15) is 0 Å². The number of hydrogen-bond acceptors (Lipinski definition) is 2. The van der Waals surface area contributed by atoms with Gasteiger partial charge < -0.3 is 5.32 Å². The molecule has 0 saturated carbocycles. The predicted molar refractivity (Wildman–Crippen MR) is 63.7 cm³/mol. The molecule has 3 heteroatoms. The number of thiophene rings is 1. The second kappa shape index (κ2) is 4.03. The van der Waals surface area contributed by atoms with Crippen LogP contribution in [0.25, 0.3) is 10.1 Å². The zero-order valence-electron chi connectivity index (χ0n) is 8.49. The first kappa shape index (κ1) is 10.2. The van der Waals surface area contributed by atoms with Crippen LogP contribution in [0.2, 0.25) is 0 Å². The minimum atomic E-state index is -0.168. The van der Waals surface area contributed by atoms with Crippen molar-refractivity contribution >= 4 is 27.3 Å². The highest BCUT2D eigenvalue weighted by Crippen LogP contribution is 2.29. The van der Waals surface area contributed by atoms with Gasteiger partial charge in [-0.1, -0.05) is 18.2 Å². The molecule has 0 saturated heterocycles. The summed E-state index contributed by atoms with van der Waals surface area (Å²) in [7, 11) is 0. The van der Waals surface area contributed by atoms with Gasteiger partial charge in [-0.3, -0.25) is 4.79 Å². The fraction of sp³-hybridized carbons (Fsp3) is 0.167. The number of fused-ring (bicyclic) bond motifs is 1. The highest BCUT2D eigenvalue weighted by atomic mass is 32.1. The number of carbonyl (C=O) groups excluding carboxylic acids is 1. The second-order valence-electron chi connectivity index (χ2n) is 3.44. The molecule has 1 radical (unpaired) electrons. The van der Waals surface area contributed by atoms with E-state index in [0.717, 1.165) is 5.56 Å². The van der Waals surface area contributed by atoms with E-state index >= 15 is 0 Å². The van der Waals surface area contributed by atoms with Crippen molar-refractivity contribution in [1.29, 1.82) is 0 Å². The molecule has 2 aromatic rings. The molecule has 1 atom stereocenters. The predicted octanol–water partition coefficient (Wildman–Crippen LogP) is 2.91. The van der Waals surface area contributed by atoms with Gasteiger partial charge in [0.2, 0.25) is 5.91 Å². The van der Waals surface area contributed by atoms with Crippen LogP contribution in [-0.2, 0) is 4.79 Å². The van der Waals surface area contributed by atoms with Crippen molar-refractivity contribution < 1.29 is 4.79 Å². The molecule has 2 rings (SSSR count). The van der Waals surface area contributed by atoms with Crippen molar-refractivity contribution in [3.63, 3.8) is 0 Å². The molecule has 2 nitrogen and oxygen atoms in total. The third-order valence-electron chi connectivity index (χ3n) is 2.26. The number of amides is 1. The summed E-state index contributed by atoms with van der Waals surface area (Å²) >= 11 is 1.68. The van der Waals surface area contributed by atoms with Crippen LogP contribution in [0.5, 0.6) is 0 Å². The molecule has 1 unspecified atom stereocenters. The monoisotopic (exact) mass is 218 g/mol. The highest BCUT2D eigenvalue weighted by Gasteiger charge is 2.11. The van der Waals surface area contributed by atoms with E-state index in [-0.39, 0.29) is 11.9 Å². The molecule has 1 heterocycles. The highest BCUT2D eigenvalue weighted by molar-refractivity contribution is 7.17. The van der Waals surface area contributed by atoms with Gasteiger partial charge in [0.05, 0.1) is 6.04 Å². The lowest BCUT2D eigenvalue weighted by Gasteiger charge is -2.11. The molecule has 0 aliphatic heterocycles. The summed E-state index contributed by atoms with van der Waals surface area (Å²) in [6.07, 6.45) is 0. The lowest BCUT2D eigenvalue weighted by molar-refractivity contribution is -0.119. The summed E-state index contributed by atoms with van der Waals surface area (Å²) in [6.45, 7) is 5.45. The van der Waals surface area contributed by atoms with Crippen LogP contribution < -0.4 is 5.32 Å². The van der Waals surface area contributed by atoms with E-state index in [9.17, 15) is 4.79 Å². The summed E-state index contributed by atoms with van der Waals surface area (Å²) in [5.41, 5.74) is 1.09. The Morgan fingerprint density at radius 1 is 1.47 bits per heavy atom. The molecule has 1 amide bonds. The topological polar surface area (TPSA) is 29.1 Å². The minimum Gasteiger partial charge on any atom is -0.349 e. The Morgan fingerprint density at radius 3 is 2.93 bits per heavy atom. The van der Waals surface area contributed by atoms with E-state index in [2.05, 4.69) is 29.8 Å². The summed E-state index contributed by atoms with van der Waals surface area (Å²) in [5, 5.41) is 6.02. The van der Waals surface area contributed by atoms with E-state index in [0.29, 0.717) is 0 Å². The molecule has 0 bridgehead atoms. The zero-order chi connectivity index (χ0) is 10.8. The van der Waals surface area contributed by atoms with Gasteiger partial charge >= 0.3 is 0 Å². The molecule has 0 spiro atoms. The van der Waals surface area contributed by atoms with Crippen LogP contribution >= 0.6 is 11.3 Å². The first-order chi connectivity index (χ1) is 7.18. The standard InChI is InChI=1S/C12H12NOS/c1-8(13-9(2)14)11-7-15-12-6-4-3-5-10(11)12/h3-8H,1H2,2H3,(H,13,14). The molecule has 1 N–H and O–H groups in total. The second-order valence-corrected chi connectivity index (χ2v) is 4.35. The van der Waals surface area contributed by atoms with Crippen LogP contribution in [0.15, 0.2) is 29.6 Å². The van der Waals surface area contributed by atoms with Crippen LogP contribution in [0.3, 0.4) is 0 Å². The van der Waals surface area contributed by atoms with Crippen molar-refractivity contribution in [2.24, 2.45) is 0 Å². The van der Waals surface area contributed by atoms with Crippen molar-refractivity contribution in [3.05, 3.63) is 42.1 Å². The zero-order valence-corrected chi connectivity index (χ0v) is 9.30. The van der Waals surface area contributed by atoms with Crippen molar-refractivity contribution in [2.45, 2.75) is 13.0 Å². The third kappa shape index (κ3) is 2.02. The Morgan fingerprint density at radius 2 is 2.20 bits per heavy atom. The summed E-state index contributed by atoms with van der Waals surface area (Å²) < 4.78 is 1.23. The molecule has 0 fully saturated rings. The number of rotatable bonds is 2.